The lowest BCUT2D eigenvalue weighted by Gasteiger charge is -2.12. The van der Waals surface area contributed by atoms with Gasteiger partial charge in [0.05, 0.1) is 27.6 Å². The lowest BCUT2D eigenvalue weighted by atomic mass is 9.98. The number of hydrogen-bond donors (Lipinski definition) is 0. The lowest BCUT2D eigenvalue weighted by Crippen LogP contribution is -2.06. The summed E-state index contributed by atoms with van der Waals surface area (Å²) in [6.45, 7) is 0. The summed E-state index contributed by atoms with van der Waals surface area (Å²) >= 11 is 0. The molecule has 12 aromatic rings. The molecule has 0 bridgehead atoms. The van der Waals surface area contributed by atoms with Crippen LogP contribution >= 0.6 is 0 Å². The second kappa shape index (κ2) is 10.2. The molecule has 0 spiro atoms. The Kier molecular flexibility index (Phi) is 5.44. The van der Waals surface area contributed by atoms with Gasteiger partial charge in [0.25, 0.3) is 0 Å². The van der Waals surface area contributed by atoms with Gasteiger partial charge in [0.15, 0.2) is 11.6 Å². The lowest BCUT2D eigenvalue weighted by molar-refractivity contribution is 0.954. The van der Waals surface area contributed by atoms with Crippen molar-refractivity contribution < 1.29 is 0 Å². The maximum atomic E-state index is 5.31. The number of para-hydroxylation sites is 1. The highest BCUT2D eigenvalue weighted by Crippen LogP contribution is 2.47. The number of nitrogens with zero attached hydrogens (tertiary/aromatic N) is 5. The molecule has 0 N–H and O–H groups in total. The average Bonchev–Trinajstić information content (AvgIpc) is 3.70. The van der Waals surface area contributed by atoms with E-state index in [-0.39, 0.29) is 0 Å². The largest absolute Gasteiger partial charge is 0.308 e. The number of benzene rings is 8. The van der Waals surface area contributed by atoms with Gasteiger partial charge in [0.2, 0.25) is 5.95 Å². The second-order valence-electron chi connectivity index (χ2n) is 13.6. The van der Waals surface area contributed by atoms with Gasteiger partial charge in [-0.1, -0.05) is 133 Å². The van der Waals surface area contributed by atoms with Gasteiger partial charge in [-0.25, -0.2) is 4.98 Å². The van der Waals surface area contributed by atoms with Gasteiger partial charge in [-0.2, -0.15) is 9.97 Å². The van der Waals surface area contributed by atoms with E-state index in [9.17, 15) is 0 Å². The number of aromatic nitrogens is 5. The molecule has 0 radical (unpaired) electrons. The van der Waals surface area contributed by atoms with Gasteiger partial charge < -0.3 is 4.40 Å². The molecule has 0 unspecified atom stereocenters. The van der Waals surface area contributed by atoms with E-state index in [2.05, 4.69) is 148 Å². The fourth-order valence-corrected chi connectivity index (χ4v) is 8.64. The SMILES string of the molecule is c1ccc(-c2cccc(-c3nc(-c4ccccc4)nc(-n4c5ccc6cccc7c6c5c5c6c(ccc8c9ccccc9n7c86)ccc54)n3)c2)cc1. The summed E-state index contributed by atoms with van der Waals surface area (Å²) in [4.78, 5) is 15.7. The van der Waals surface area contributed by atoms with Crippen LogP contribution in [0.3, 0.4) is 0 Å². The molecule has 4 aromatic heterocycles. The van der Waals surface area contributed by atoms with Crippen LogP contribution in [0, 0.1) is 0 Å². The minimum absolute atomic E-state index is 0.596. The van der Waals surface area contributed by atoms with E-state index in [1.807, 2.05) is 24.3 Å². The Morgan fingerprint density at radius 1 is 0.346 bits per heavy atom. The molecule has 0 amide bonds. The van der Waals surface area contributed by atoms with Crippen LogP contribution in [0.15, 0.2) is 164 Å². The Bertz CT molecular complexity index is 3340. The van der Waals surface area contributed by atoms with E-state index in [0.29, 0.717) is 17.6 Å². The van der Waals surface area contributed by atoms with Gasteiger partial charge in [-0.15, -0.1) is 0 Å². The fraction of sp³-hybridized carbons (Fsp3) is 0. The summed E-state index contributed by atoms with van der Waals surface area (Å²) in [5.74, 6) is 1.87. The molecule has 5 nitrogen and oxygen atoms in total. The van der Waals surface area contributed by atoms with Crippen molar-refractivity contribution >= 4 is 70.7 Å². The Hall–Kier alpha value is -7.11. The van der Waals surface area contributed by atoms with E-state index in [1.165, 1.54) is 59.6 Å². The van der Waals surface area contributed by atoms with Crippen LogP contribution in [-0.4, -0.2) is 23.9 Å². The highest BCUT2D eigenvalue weighted by atomic mass is 15.2. The molecular weight excluding hydrogens is 635 g/mol. The summed E-state index contributed by atoms with van der Waals surface area (Å²) in [7, 11) is 0. The van der Waals surface area contributed by atoms with E-state index < -0.39 is 0 Å². The van der Waals surface area contributed by atoms with Crippen LogP contribution in [0.4, 0.5) is 0 Å². The van der Waals surface area contributed by atoms with Crippen molar-refractivity contribution in [1.29, 1.82) is 0 Å². The van der Waals surface area contributed by atoms with E-state index >= 15 is 0 Å². The van der Waals surface area contributed by atoms with E-state index in [4.69, 9.17) is 15.0 Å². The van der Waals surface area contributed by atoms with Gasteiger partial charge in [-0.3, -0.25) is 4.57 Å². The fourth-order valence-electron chi connectivity index (χ4n) is 8.64. The molecule has 5 heteroatoms. The van der Waals surface area contributed by atoms with Crippen LogP contribution in [-0.2, 0) is 0 Å². The first-order valence-corrected chi connectivity index (χ1v) is 17.6. The molecular formula is C47H27N5. The van der Waals surface area contributed by atoms with Crippen molar-refractivity contribution in [2.24, 2.45) is 0 Å². The summed E-state index contributed by atoms with van der Waals surface area (Å²) in [5.41, 5.74) is 9.95. The molecule has 0 fully saturated rings. The van der Waals surface area contributed by atoms with Crippen LogP contribution in [0.25, 0.3) is 111 Å². The van der Waals surface area contributed by atoms with Crippen molar-refractivity contribution in [1.82, 2.24) is 23.9 Å². The first kappa shape index (κ1) is 27.7. The second-order valence-corrected chi connectivity index (χ2v) is 13.6. The predicted molar refractivity (Wildman–Crippen MR) is 214 cm³/mol. The van der Waals surface area contributed by atoms with Crippen LogP contribution in [0.2, 0.25) is 0 Å². The predicted octanol–water partition coefficient (Wildman–Crippen LogP) is 11.7. The van der Waals surface area contributed by atoms with Crippen LogP contribution < -0.4 is 0 Å². The maximum absolute atomic E-state index is 5.31. The number of hydrogen-bond acceptors (Lipinski definition) is 3. The van der Waals surface area contributed by atoms with Gasteiger partial charge in [-0.05, 0) is 52.2 Å². The quantitative estimate of drug-likeness (QED) is 0.189. The molecule has 8 aromatic carbocycles. The smallest absolute Gasteiger partial charge is 0.238 e. The monoisotopic (exact) mass is 661 g/mol. The Balaban J connectivity index is 1.24. The highest BCUT2D eigenvalue weighted by Gasteiger charge is 2.25. The van der Waals surface area contributed by atoms with Crippen molar-refractivity contribution in [3.05, 3.63) is 164 Å². The summed E-state index contributed by atoms with van der Waals surface area (Å²) in [6.07, 6.45) is 0. The van der Waals surface area contributed by atoms with E-state index in [0.717, 1.165) is 33.3 Å². The Morgan fingerprint density at radius 3 is 1.75 bits per heavy atom. The summed E-state index contributed by atoms with van der Waals surface area (Å²) in [5, 5.41) is 9.89. The Labute approximate surface area is 297 Å². The molecule has 0 aliphatic heterocycles. The molecule has 0 saturated heterocycles. The highest BCUT2D eigenvalue weighted by molar-refractivity contribution is 6.37. The van der Waals surface area contributed by atoms with Crippen molar-refractivity contribution in [2.75, 3.05) is 0 Å². The third kappa shape index (κ3) is 3.69. The van der Waals surface area contributed by atoms with Gasteiger partial charge >= 0.3 is 0 Å². The van der Waals surface area contributed by atoms with Crippen LogP contribution in [0.1, 0.15) is 0 Å². The molecule has 0 aliphatic carbocycles. The standard InChI is InChI=1S/C47H27N5/c1-3-11-28(12-4-1)32-16-9-17-33(27-32)46-48-45(31-13-5-2-6-14-31)49-47(50-46)52-38-25-22-29-15-10-20-37-40(29)42(38)43-39(52)26-23-30-21-24-35-34-18-7-8-19-36(34)51(37)44(35)41(30)43/h1-27H. The minimum atomic E-state index is 0.596. The van der Waals surface area contributed by atoms with Gasteiger partial charge in [0, 0.05) is 43.4 Å². The molecule has 0 aliphatic rings. The van der Waals surface area contributed by atoms with Crippen molar-refractivity contribution in [3.8, 4) is 39.9 Å². The molecule has 0 atom stereocenters. The molecule has 52 heavy (non-hydrogen) atoms. The summed E-state index contributed by atoms with van der Waals surface area (Å²) < 4.78 is 4.75. The first-order chi connectivity index (χ1) is 25.8. The van der Waals surface area contributed by atoms with E-state index in [1.54, 1.807) is 0 Å². The topological polar surface area (TPSA) is 48.0 Å². The van der Waals surface area contributed by atoms with Crippen LogP contribution in [0.5, 0.6) is 0 Å². The number of fused-ring (bicyclic) bond motifs is 4. The average molecular weight is 662 g/mol. The molecule has 12 rings (SSSR count). The van der Waals surface area contributed by atoms with Crippen molar-refractivity contribution in [2.45, 2.75) is 0 Å². The zero-order valence-electron chi connectivity index (χ0n) is 27.8. The Morgan fingerprint density at radius 2 is 0.942 bits per heavy atom. The summed E-state index contributed by atoms with van der Waals surface area (Å²) in [6, 6.07) is 58.2. The molecule has 0 saturated carbocycles. The molecule has 240 valence electrons. The zero-order chi connectivity index (χ0) is 33.9. The third-order valence-electron chi connectivity index (χ3n) is 10.9. The zero-order valence-corrected chi connectivity index (χ0v) is 27.8. The minimum Gasteiger partial charge on any atom is -0.308 e. The van der Waals surface area contributed by atoms with Crippen molar-refractivity contribution in [3.63, 3.8) is 0 Å². The number of rotatable bonds is 4. The first-order valence-electron chi connectivity index (χ1n) is 17.6. The normalized spacial score (nSPS) is 12.2. The van der Waals surface area contributed by atoms with Gasteiger partial charge in [0.1, 0.15) is 0 Å². The third-order valence-corrected chi connectivity index (χ3v) is 10.9. The maximum Gasteiger partial charge on any atom is 0.238 e. The molecule has 4 heterocycles.